The lowest BCUT2D eigenvalue weighted by Crippen LogP contribution is -2.55. The van der Waals surface area contributed by atoms with Gasteiger partial charge in [0.25, 0.3) is 5.56 Å². The number of aromatic nitrogens is 2. The normalized spacial score (nSPS) is 22.4. The van der Waals surface area contributed by atoms with Gasteiger partial charge in [0.15, 0.2) is 5.82 Å². The number of aliphatic hydroxyl groups excluding tert-OH is 1. The summed E-state index contributed by atoms with van der Waals surface area (Å²) in [6.45, 7) is 10.8. The van der Waals surface area contributed by atoms with E-state index in [1.54, 1.807) is 17.0 Å². The molecule has 1 unspecified atom stereocenters. The maximum absolute atomic E-state index is 12.7. The number of ether oxygens (including phenoxy) is 1. The van der Waals surface area contributed by atoms with E-state index in [-0.39, 0.29) is 23.8 Å². The molecule has 0 aliphatic carbocycles. The average molecular weight is 295 g/mol. The van der Waals surface area contributed by atoms with E-state index in [1.807, 2.05) is 39.5 Å². The van der Waals surface area contributed by atoms with E-state index in [1.165, 1.54) is 0 Å². The SMILES string of the molecule is CC1(C)CN(c2nccn(C(C)(C)C)c2=O)CC(CO)O1. The van der Waals surface area contributed by atoms with Crippen LogP contribution in [0.25, 0.3) is 0 Å². The lowest BCUT2D eigenvalue weighted by Gasteiger charge is -2.42. The largest absolute Gasteiger partial charge is 0.394 e. The van der Waals surface area contributed by atoms with Gasteiger partial charge in [-0.1, -0.05) is 0 Å². The van der Waals surface area contributed by atoms with Crippen LogP contribution in [0.15, 0.2) is 17.2 Å². The molecule has 1 aromatic rings. The van der Waals surface area contributed by atoms with Crippen LogP contribution in [-0.4, -0.2) is 46.1 Å². The molecule has 1 atom stereocenters. The second-order valence-corrected chi connectivity index (χ2v) is 7.16. The predicted molar refractivity (Wildman–Crippen MR) is 81.7 cm³/mol. The first-order valence-electron chi connectivity index (χ1n) is 7.26. The summed E-state index contributed by atoms with van der Waals surface area (Å²) in [6, 6.07) is 0. The average Bonchev–Trinajstić information content (AvgIpc) is 2.35. The van der Waals surface area contributed by atoms with Crippen LogP contribution in [0.4, 0.5) is 5.82 Å². The molecule has 0 aromatic carbocycles. The van der Waals surface area contributed by atoms with E-state index in [0.29, 0.717) is 18.9 Å². The van der Waals surface area contributed by atoms with Gasteiger partial charge < -0.3 is 19.3 Å². The maximum atomic E-state index is 12.7. The highest BCUT2D eigenvalue weighted by atomic mass is 16.5. The zero-order valence-corrected chi connectivity index (χ0v) is 13.5. The Morgan fingerprint density at radius 3 is 2.71 bits per heavy atom. The quantitative estimate of drug-likeness (QED) is 0.881. The molecule has 1 aliphatic rings. The van der Waals surface area contributed by atoms with E-state index >= 15 is 0 Å². The number of aliphatic hydroxyl groups is 1. The third-order valence-corrected chi connectivity index (χ3v) is 3.53. The van der Waals surface area contributed by atoms with Gasteiger partial charge in [-0.05, 0) is 34.6 Å². The summed E-state index contributed by atoms with van der Waals surface area (Å²) in [4.78, 5) is 18.9. The Morgan fingerprint density at radius 1 is 1.48 bits per heavy atom. The van der Waals surface area contributed by atoms with Crippen LogP contribution in [0.3, 0.4) is 0 Å². The molecule has 1 saturated heterocycles. The number of hydrogen-bond acceptors (Lipinski definition) is 5. The minimum Gasteiger partial charge on any atom is -0.394 e. The topological polar surface area (TPSA) is 67.6 Å². The molecular formula is C15H25N3O3. The Bertz CT molecular complexity index is 560. The minimum absolute atomic E-state index is 0.0692. The summed E-state index contributed by atoms with van der Waals surface area (Å²) in [5, 5.41) is 9.39. The van der Waals surface area contributed by atoms with E-state index < -0.39 is 5.60 Å². The third-order valence-electron chi connectivity index (χ3n) is 3.53. The molecule has 1 fully saturated rings. The van der Waals surface area contributed by atoms with Crippen LogP contribution in [0.2, 0.25) is 0 Å². The Labute approximate surface area is 125 Å². The van der Waals surface area contributed by atoms with Crippen molar-refractivity contribution in [1.29, 1.82) is 0 Å². The number of morpholine rings is 1. The van der Waals surface area contributed by atoms with Gasteiger partial charge in [0.05, 0.1) is 18.3 Å². The molecular weight excluding hydrogens is 270 g/mol. The number of rotatable bonds is 2. The van der Waals surface area contributed by atoms with E-state index in [2.05, 4.69) is 4.98 Å². The molecule has 0 spiro atoms. The van der Waals surface area contributed by atoms with Crippen LogP contribution in [0, 0.1) is 0 Å². The molecule has 118 valence electrons. The van der Waals surface area contributed by atoms with Gasteiger partial charge in [0.2, 0.25) is 0 Å². The highest BCUT2D eigenvalue weighted by Crippen LogP contribution is 2.23. The first kappa shape index (κ1) is 16.0. The van der Waals surface area contributed by atoms with Gasteiger partial charge >= 0.3 is 0 Å². The van der Waals surface area contributed by atoms with Crippen LogP contribution < -0.4 is 10.5 Å². The van der Waals surface area contributed by atoms with E-state index in [9.17, 15) is 9.90 Å². The summed E-state index contributed by atoms with van der Waals surface area (Å²) < 4.78 is 7.47. The maximum Gasteiger partial charge on any atom is 0.293 e. The zero-order chi connectivity index (χ0) is 15.8. The van der Waals surface area contributed by atoms with Crippen molar-refractivity contribution in [2.75, 3.05) is 24.6 Å². The second-order valence-electron chi connectivity index (χ2n) is 7.16. The molecule has 0 bridgehead atoms. The van der Waals surface area contributed by atoms with Crippen LogP contribution in [0.1, 0.15) is 34.6 Å². The predicted octanol–water partition coefficient (Wildman–Crippen LogP) is 0.974. The Balaban J connectivity index is 2.40. The number of hydrogen-bond donors (Lipinski definition) is 1. The summed E-state index contributed by atoms with van der Waals surface area (Å²) in [5.41, 5.74) is -0.839. The van der Waals surface area contributed by atoms with Crippen molar-refractivity contribution in [3.05, 3.63) is 22.7 Å². The standard InChI is InChI=1S/C15H25N3O3/c1-14(2,3)18-7-6-16-12(13(18)20)17-8-11(9-19)21-15(4,5)10-17/h6-7,11,19H,8-10H2,1-5H3. The Hall–Kier alpha value is -1.40. The molecule has 2 heterocycles. The van der Waals surface area contributed by atoms with E-state index in [4.69, 9.17) is 4.74 Å². The molecule has 2 rings (SSSR count). The summed E-state index contributed by atoms with van der Waals surface area (Å²) in [7, 11) is 0. The molecule has 0 saturated carbocycles. The monoisotopic (exact) mass is 295 g/mol. The number of nitrogens with zero attached hydrogens (tertiary/aromatic N) is 3. The molecule has 1 aliphatic heterocycles. The van der Waals surface area contributed by atoms with Gasteiger partial charge in [0, 0.05) is 31.0 Å². The first-order chi connectivity index (χ1) is 9.64. The van der Waals surface area contributed by atoms with E-state index in [0.717, 1.165) is 0 Å². The molecule has 21 heavy (non-hydrogen) atoms. The smallest absolute Gasteiger partial charge is 0.293 e. The van der Waals surface area contributed by atoms with Crippen molar-refractivity contribution in [3.8, 4) is 0 Å². The first-order valence-corrected chi connectivity index (χ1v) is 7.26. The molecule has 0 radical (unpaired) electrons. The van der Waals surface area contributed by atoms with Crippen LogP contribution >= 0.6 is 0 Å². The minimum atomic E-state index is -0.428. The fraction of sp³-hybridized carbons (Fsp3) is 0.733. The van der Waals surface area contributed by atoms with Gasteiger partial charge in [-0.2, -0.15) is 0 Å². The highest BCUT2D eigenvalue weighted by Gasteiger charge is 2.35. The summed E-state index contributed by atoms with van der Waals surface area (Å²) in [6.07, 6.45) is 3.05. The molecule has 1 aromatic heterocycles. The van der Waals surface area contributed by atoms with Crippen molar-refractivity contribution in [2.45, 2.75) is 51.9 Å². The van der Waals surface area contributed by atoms with Crippen molar-refractivity contribution < 1.29 is 9.84 Å². The van der Waals surface area contributed by atoms with Gasteiger partial charge in [0.1, 0.15) is 0 Å². The van der Waals surface area contributed by atoms with Gasteiger partial charge in [-0.25, -0.2) is 4.98 Å². The second kappa shape index (κ2) is 5.42. The molecule has 0 amide bonds. The van der Waals surface area contributed by atoms with Crippen molar-refractivity contribution in [1.82, 2.24) is 9.55 Å². The summed E-state index contributed by atoms with van der Waals surface area (Å²) in [5.74, 6) is 0.419. The molecule has 1 N–H and O–H groups in total. The van der Waals surface area contributed by atoms with Crippen LogP contribution in [0.5, 0.6) is 0 Å². The molecule has 6 heteroatoms. The highest BCUT2D eigenvalue weighted by molar-refractivity contribution is 5.37. The fourth-order valence-electron chi connectivity index (χ4n) is 2.70. The van der Waals surface area contributed by atoms with Crippen molar-refractivity contribution in [3.63, 3.8) is 0 Å². The van der Waals surface area contributed by atoms with Gasteiger partial charge in [-0.15, -0.1) is 0 Å². The third kappa shape index (κ3) is 3.44. The fourth-order valence-corrected chi connectivity index (χ4v) is 2.70. The lowest BCUT2D eigenvalue weighted by atomic mass is 10.1. The van der Waals surface area contributed by atoms with Crippen molar-refractivity contribution >= 4 is 5.82 Å². The van der Waals surface area contributed by atoms with Crippen LogP contribution in [-0.2, 0) is 10.3 Å². The number of anilines is 1. The van der Waals surface area contributed by atoms with Crippen molar-refractivity contribution in [2.24, 2.45) is 0 Å². The van der Waals surface area contributed by atoms with Gasteiger partial charge in [-0.3, -0.25) is 4.79 Å². The lowest BCUT2D eigenvalue weighted by molar-refractivity contribution is -0.101. The zero-order valence-electron chi connectivity index (χ0n) is 13.5. The Morgan fingerprint density at radius 2 is 2.14 bits per heavy atom. The summed E-state index contributed by atoms with van der Waals surface area (Å²) >= 11 is 0. The molecule has 6 nitrogen and oxygen atoms in total. The Kier molecular flexibility index (Phi) is 4.13.